The second kappa shape index (κ2) is 5.62. The minimum atomic E-state index is -0.621. The Kier molecular flexibility index (Phi) is 3.65. The molecule has 6 heteroatoms. The number of halogens is 1. The minimum absolute atomic E-state index is 0.210. The van der Waals surface area contributed by atoms with Crippen LogP contribution in [0.25, 0.3) is 0 Å². The van der Waals surface area contributed by atoms with Crippen molar-refractivity contribution in [2.24, 2.45) is 0 Å². The summed E-state index contributed by atoms with van der Waals surface area (Å²) in [6.45, 7) is 0.210. The molecule has 0 aliphatic carbocycles. The van der Waals surface area contributed by atoms with E-state index in [0.717, 1.165) is 5.56 Å². The molecule has 2 N–H and O–H groups in total. The number of carbonyl (C=O) groups is 1. The molecule has 0 bridgehead atoms. The van der Waals surface area contributed by atoms with Gasteiger partial charge in [-0.05, 0) is 30.2 Å². The Hall–Kier alpha value is -2.65. The SMILES string of the molecule is N#Cc1c[nH]c(C(=O)N2C[C@@H](O)C[C@H]2c2ccc(F)cc2)c1. The summed E-state index contributed by atoms with van der Waals surface area (Å²) < 4.78 is 13.0. The van der Waals surface area contributed by atoms with Crippen molar-refractivity contribution in [2.45, 2.75) is 18.6 Å². The summed E-state index contributed by atoms with van der Waals surface area (Å²) >= 11 is 0. The molecule has 2 heterocycles. The third-order valence-electron chi connectivity index (χ3n) is 3.84. The third kappa shape index (κ3) is 2.59. The van der Waals surface area contributed by atoms with E-state index < -0.39 is 6.10 Å². The Morgan fingerprint density at radius 2 is 2.14 bits per heavy atom. The van der Waals surface area contributed by atoms with Crippen LogP contribution in [0.4, 0.5) is 4.39 Å². The number of hydrogen-bond donors (Lipinski definition) is 2. The number of nitrogens with one attached hydrogen (secondary N) is 1. The number of amides is 1. The zero-order valence-electron chi connectivity index (χ0n) is 11.7. The number of aliphatic hydroxyl groups excluding tert-OH is 1. The molecule has 2 atom stereocenters. The molecule has 5 nitrogen and oxygen atoms in total. The summed E-state index contributed by atoms with van der Waals surface area (Å²) in [5.41, 5.74) is 1.46. The van der Waals surface area contributed by atoms with E-state index in [9.17, 15) is 14.3 Å². The molecule has 22 heavy (non-hydrogen) atoms. The molecule has 0 spiro atoms. The summed E-state index contributed by atoms with van der Waals surface area (Å²) in [6, 6.07) is 9.04. The topological polar surface area (TPSA) is 80.1 Å². The molecule has 0 saturated carbocycles. The smallest absolute Gasteiger partial charge is 0.270 e. The molecule has 0 radical (unpaired) electrons. The van der Waals surface area contributed by atoms with Crippen LogP contribution in [0.15, 0.2) is 36.5 Å². The van der Waals surface area contributed by atoms with Crippen LogP contribution < -0.4 is 0 Å². The van der Waals surface area contributed by atoms with E-state index in [0.29, 0.717) is 17.7 Å². The number of aromatic amines is 1. The van der Waals surface area contributed by atoms with Crippen molar-refractivity contribution in [1.82, 2.24) is 9.88 Å². The number of nitrogens with zero attached hydrogens (tertiary/aromatic N) is 2. The number of carbonyl (C=O) groups excluding carboxylic acids is 1. The van der Waals surface area contributed by atoms with Gasteiger partial charge in [-0.15, -0.1) is 0 Å². The summed E-state index contributed by atoms with van der Waals surface area (Å²) in [4.78, 5) is 16.9. The highest BCUT2D eigenvalue weighted by Crippen LogP contribution is 2.33. The van der Waals surface area contributed by atoms with E-state index >= 15 is 0 Å². The Labute approximate surface area is 126 Å². The van der Waals surface area contributed by atoms with E-state index in [-0.39, 0.29) is 24.3 Å². The van der Waals surface area contributed by atoms with Gasteiger partial charge in [0.2, 0.25) is 0 Å². The number of β-amino-alcohol motifs (C(OH)–C–C–N with tert-alkyl or cyclic N) is 1. The maximum atomic E-state index is 13.0. The molecule has 1 amide bonds. The number of hydrogen-bond acceptors (Lipinski definition) is 3. The molecule has 1 aromatic carbocycles. The lowest BCUT2D eigenvalue weighted by molar-refractivity contribution is 0.0710. The zero-order valence-corrected chi connectivity index (χ0v) is 11.7. The molecule has 1 aliphatic heterocycles. The Morgan fingerprint density at radius 3 is 2.77 bits per heavy atom. The molecule has 2 aromatic rings. The molecule has 3 rings (SSSR count). The Bertz CT molecular complexity index is 733. The van der Waals surface area contributed by atoms with Crippen LogP contribution in [0.1, 0.15) is 34.1 Å². The number of H-pyrrole nitrogens is 1. The molecule has 1 aliphatic rings. The lowest BCUT2D eigenvalue weighted by Gasteiger charge is -2.24. The summed E-state index contributed by atoms with van der Waals surface area (Å²) in [6.07, 6.45) is 1.25. The fraction of sp³-hybridized carbons (Fsp3) is 0.250. The number of nitriles is 1. The molecular weight excluding hydrogens is 285 g/mol. The first-order valence-corrected chi connectivity index (χ1v) is 6.91. The monoisotopic (exact) mass is 299 g/mol. The van der Waals surface area contributed by atoms with Crippen LogP contribution in [0.3, 0.4) is 0 Å². The first kappa shape index (κ1) is 14.3. The molecule has 1 saturated heterocycles. The van der Waals surface area contributed by atoms with Gasteiger partial charge in [0, 0.05) is 12.7 Å². The van der Waals surface area contributed by atoms with Crippen LogP contribution >= 0.6 is 0 Å². The lowest BCUT2D eigenvalue weighted by Crippen LogP contribution is -2.32. The van der Waals surface area contributed by atoms with Crippen LogP contribution in [-0.4, -0.2) is 33.5 Å². The number of aromatic nitrogens is 1. The van der Waals surface area contributed by atoms with Crippen molar-refractivity contribution in [1.29, 1.82) is 5.26 Å². The van der Waals surface area contributed by atoms with Crippen molar-refractivity contribution in [3.8, 4) is 6.07 Å². The summed E-state index contributed by atoms with van der Waals surface area (Å²) in [5, 5.41) is 18.7. The van der Waals surface area contributed by atoms with Crippen molar-refractivity contribution in [2.75, 3.05) is 6.54 Å². The predicted molar refractivity (Wildman–Crippen MR) is 76.3 cm³/mol. The van der Waals surface area contributed by atoms with E-state index in [2.05, 4.69) is 4.98 Å². The van der Waals surface area contributed by atoms with Gasteiger partial charge in [-0.3, -0.25) is 4.79 Å². The lowest BCUT2D eigenvalue weighted by atomic mass is 10.0. The minimum Gasteiger partial charge on any atom is -0.391 e. The van der Waals surface area contributed by atoms with Crippen molar-refractivity contribution < 1.29 is 14.3 Å². The second-order valence-electron chi connectivity index (χ2n) is 5.33. The fourth-order valence-electron chi connectivity index (χ4n) is 2.78. The first-order valence-electron chi connectivity index (χ1n) is 6.91. The van der Waals surface area contributed by atoms with Crippen molar-refractivity contribution in [3.05, 3.63) is 59.2 Å². The second-order valence-corrected chi connectivity index (χ2v) is 5.33. The van der Waals surface area contributed by atoms with Gasteiger partial charge in [-0.1, -0.05) is 12.1 Å². The highest BCUT2D eigenvalue weighted by atomic mass is 19.1. The summed E-state index contributed by atoms with van der Waals surface area (Å²) in [5.74, 6) is -0.629. The highest BCUT2D eigenvalue weighted by molar-refractivity contribution is 5.93. The van der Waals surface area contributed by atoms with Crippen LogP contribution in [-0.2, 0) is 0 Å². The van der Waals surface area contributed by atoms with Gasteiger partial charge < -0.3 is 15.0 Å². The number of aliphatic hydroxyl groups is 1. The standard InChI is InChI=1S/C16H14FN3O2/c17-12-3-1-11(2-4-12)15-6-13(21)9-20(15)16(22)14-5-10(7-18)8-19-14/h1-5,8,13,15,19,21H,6,9H2/t13-,15-/m0/s1. The van der Waals surface area contributed by atoms with Crippen LogP contribution in [0.2, 0.25) is 0 Å². The van der Waals surface area contributed by atoms with Crippen LogP contribution in [0, 0.1) is 17.1 Å². The molecule has 0 unspecified atom stereocenters. The molecule has 112 valence electrons. The van der Waals surface area contributed by atoms with Gasteiger partial charge in [0.15, 0.2) is 0 Å². The maximum Gasteiger partial charge on any atom is 0.270 e. The Morgan fingerprint density at radius 1 is 1.41 bits per heavy atom. The predicted octanol–water partition coefficient (Wildman–Crippen LogP) is 1.97. The van der Waals surface area contributed by atoms with Crippen LogP contribution in [0.5, 0.6) is 0 Å². The van der Waals surface area contributed by atoms with Gasteiger partial charge in [-0.2, -0.15) is 5.26 Å². The highest BCUT2D eigenvalue weighted by Gasteiger charge is 2.36. The largest absolute Gasteiger partial charge is 0.391 e. The van der Waals surface area contributed by atoms with E-state index in [4.69, 9.17) is 5.26 Å². The van der Waals surface area contributed by atoms with Crippen molar-refractivity contribution in [3.63, 3.8) is 0 Å². The zero-order chi connectivity index (χ0) is 15.7. The van der Waals surface area contributed by atoms with Crippen molar-refractivity contribution >= 4 is 5.91 Å². The summed E-state index contributed by atoms with van der Waals surface area (Å²) in [7, 11) is 0. The number of rotatable bonds is 2. The van der Waals surface area contributed by atoms with E-state index in [1.165, 1.54) is 24.4 Å². The number of likely N-dealkylation sites (tertiary alicyclic amines) is 1. The maximum absolute atomic E-state index is 13.0. The molecule has 1 fully saturated rings. The average Bonchev–Trinajstić information content (AvgIpc) is 3.14. The Balaban J connectivity index is 1.88. The van der Waals surface area contributed by atoms with Gasteiger partial charge in [0.25, 0.3) is 5.91 Å². The third-order valence-corrected chi connectivity index (χ3v) is 3.84. The average molecular weight is 299 g/mol. The van der Waals surface area contributed by atoms with Gasteiger partial charge in [0.05, 0.1) is 17.7 Å². The van der Waals surface area contributed by atoms with Gasteiger partial charge >= 0.3 is 0 Å². The fourth-order valence-corrected chi connectivity index (χ4v) is 2.78. The van der Waals surface area contributed by atoms with Gasteiger partial charge in [-0.25, -0.2) is 4.39 Å². The first-order chi connectivity index (χ1) is 10.6. The van der Waals surface area contributed by atoms with Gasteiger partial charge in [0.1, 0.15) is 17.6 Å². The molecular formula is C16H14FN3O2. The van der Waals surface area contributed by atoms with E-state index in [1.54, 1.807) is 17.0 Å². The normalized spacial score (nSPS) is 20.9. The number of benzene rings is 1. The quantitative estimate of drug-likeness (QED) is 0.889. The molecule has 1 aromatic heterocycles. The van der Waals surface area contributed by atoms with E-state index in [1.807, 2.05) is 6.07 Å².